The largest absolute Gasteiger partial charge is 0.379 e. The normalized spacial score (nSPS) is 21.1. The number of carbonyl (C=O) groups excluding carboxylic acids is 1. The van der Waals surface area contributed by atoms with Crippen molar-refractivity contribution in [3.05, 3.63) is 0 Å². The van der Waals surface area contributed by atoms with Gasteiger partial charge in [0.05, 0.1) is 11.6 Å². The third kappa shape index (κ3) is 3.19. The van der Waals surface area contributed by atoms with E-state index in [1.54, 1.807) is 7.11 Å². The van der Waals surface area contributed by atoms with Crippen LogP contribution in [0.1, 0.15) is 39.5 Å². The van der Waals surface area contributed by atoms with Crippen LogP contribution in [-0.2, 0) is 9.53 Å². The standard InChI is InChI=1S/C12H24N2O2/c1-9(2)10(16-3)8-14-11(15)12(13)6-4-5-7-12/h9-10H,4-8,13H2,1-3H3,(H,14,15). The molecule has 0 radical (unpaired) electrons. The second-order valence-corrected chi connectivity index (χ2v) is 5.09. The molecule has 0 heterocycles. The van der Waals surface area contributed by atoms with Crippen molar-refractivity contribution in [1.29, 1.82) is 0 Å². The number of hydrogen-bond donors (Lipinski definition) is 2. The van der Waals surface area contributed by atoms with Crippen molar-refractivity contribution in [3.8, 4) is 0 Å². The van der Waals surface area contributed by atoms with Gasteiger partial charge in [-0.1, -0.05) is 26.7 Å². The van der Waals surface area contributed by atoms with E-state index < -0.39 is 5.54 Å². The Morgan fingerprint density at radius 3 is 2.44 bits per heavy atom. The molecule has 4 heteroatoms. The molecule has 16 heavy (non-hydrogen) atoms. The van der Waals surface area contributed by atoms with Gasteiger partial charge in [0.1, 0.15) is 0 Å². The molecule has 1 rings (SSSR count). The Morgan fingerprint density at radius 2 is 2.00 bits per heavy atom. The molecule has 0 aliphatic heterocycles. The molecule has 0 aromatic rings. The fraction of sp³-hybridized carbons (Fsp3) is 0.917. The molecule has 3 N–H and O–H groups in total. The van der Waals surface area contributed by atoms with Gasteiger partial charge in [-0.05, 0) is 18.8 Å². The van der Waals surface area contributed by atoms with Crippen LogP contribution in [0.2, 0.25) is 0 Å². The molecule has 94 valence electrons. The Morgan fingerprint density at radius 1 is 1.44 bits per heavy atom. The van der Waals surface area contributed by atoms with Crippen LogP contribution < -0.4 is 11.1 Å². The summed E-state index contributed by atoms with van der Waals surface area (Å²) in [6.07, 6.45) is 3.79. The summed E-state index contributed by atoms with van der Waals surface area (Å²) in [5.74, 6) is 0.371. The molecule has 0 aromatic heterocycles. The average Bonchev–Trinajstić information content (AvgIpc) is 2.66. The van der Waals surface area contributed by atoms with Crippen LogP contribution in [0.5, 0.6) is 0 Å². The Kier molecular flexibility index (Phi) is 4.74. The summed E-state index contributed by atoms with van der Waals surface area (Å²) >= 11 is 0. The summed E-state index contributed by atoms with van der Waals surface area (Å²) < 4.78 is 5.30. The van der Waals surface area contributed by atoms with E-state index in [2.05, 4.69) is 19.2 Å². The lowest BCUT2D eigenvalue weighted by Crippen LogP contribution is -2.53. The Bertz CT molecular complexity index is 235. The molecule has 1 saturated carbocycles. The predicted molar refractivity (Wildman–Crippen MR) is 64.0 cm³/mol. The van der Waals surface area contributed by atoms with Gasteiger partial charge in [-0.25, -0.2) is 0 Å². The van der Waals surface area contributed by atoms with Crippen LogP contribution in [0.4, 0.5) is 0 Å². The molecule has 0 spiro atoms. The maximum Gasteiger partial charge on any atom is 0.240 e. The van der Waals surface area contributed by atoms with Gasteiger partial charge in [-0.2, -0.15) is 0 Å². The smallest absolute Gasteiger partial charge is 0.240 e. The van der Waals surface area contributed by atoms with Crippen molar-refractivity contribution in [2.45, 2.75) is 51.2 Å². The molecule has 0 bridgehead atoms. The minimum atomic E-state index is -0.630. The number of methoxy groups -OCH3 is 1. The first-order valence-corrected chi connectivity index (χ1v) is 6.09. The number of rotatable bonds is 5. The highest BCUT2D eigenvalue weighted by atomic mass is 16.5. The maximum absolute atomic E-state index is 11.9. The predicted octanol–water partition coefficient (Wildman–Crippen LogP) is 1.05. The Hall–Kier alpha value is -0.610. The van der Waals surface area contributed by atoms with Crippen LogP contribution in [0, 0.1) is 5.92 Å². The molecule has 1 amide bonds. The zero-order valence-corrected chi connectivity index (χ0v) is 10.6. The van der Waals surface area contributed by atoms with Crippen molar-refractivity contribution in [3.63, 3.8) is 0 Å². The van der Waals surface area contributed by atoms with Crippen molar-refractivity contribution in [1.82, 2.24) is 5.32 Å². The monoisotopic (exact) mass is 228 g/mol. The molecule has 0 saturated heterocycles. The summed E-state index contributed by atoms with van der Waals surface area (Å²) in [6.45, 7) is 4.70. The zero-order valence-electron chi connectivity index (χ0n) is 10.6. The highest BCUT2D eigenvalue weighted by Crippen LogP contribution is 2.27. The van der Waals surface area contributed by atoms with Gasteiger partial charge in [-0.15, -0.1) is 0 Å². The van der Waals surface area contributed by atoms with Gasteiger partial charge in [0.25, 0.3) is 0 Å². The fourth-order valence-electron chi connectivity index (χ4n) is 2.19. The van der Waals surface area contributed by atoms with E-state index in [9.17, 15) is 4.79 Å². The van der Waals surface area contributed by atoms with Crippen LogP contribution in [-0.4, -0.2) is 31.2 Å². The lowest BCUT2D eigenvalue weighted by atomic mass is 9.97. The molecule has 1 atom stereocenters. The number of hydrogen-bond acceptors (Lipinski definition) is 3. The number of nitrogens with two attached hydrogens (primary N) is 1. The van der Waals surface area contributed by atoms with E-state index >= 15 is 0 Å². The van der Waals surface area contributed by atoms with E-state index in [0.29, 0.717) is 12.5 Å². The van der Waals surface area contributed by atoms with Gasteiger partial charge >= 0.3 is 0 Å². The Balaban J connectivity index is 2.39. The minimum absolute atomic E-state index is 0.0206. The topological polar surface area (TPSA) is 64.3 Å². The fourth-order valence-corrected chi connectivity index (χ4v) is 2.19. The molecule has 1 aliphatic rings. The molecule has 1 fully saturated rings. The van der Waals surface area contributed by atoms with Gasteiger partial charge in [0.2, 0.25) is 5.91 Å². The number of amides is 1. The van der Waals surface area contributed by atoms with E-state index in [1.165, 1.54) is 0 Å². The molecule has 4 nitrogen and oxygen atoms in total. The first-order chi connectivity index (χ1) is 7.49. The summed E-state index contributed by atoms with van der Waals surface area (Å²) in [6, 6.07) is 0. The van der Waals surface area contributed by atoms with E-state index in [0.717, 1.165) is 25.7 Å². The van der Waals surface area contributed by atoms with Crippen LogP contribution in [0.15, 0.2) is 0 Å². The summed E-state index contributed by atoms with van der Waals surface area (Å²) in [7, 11) is 1.67. The number of ether oxygens (including phenoxy) is 1. The second kappa shape index (κ2) is 5.64. The van der Waals surface area contributed by atoms with Crippen molar-refractivity contribution >= 4 is 5.91 Å². The van der Waals surface area contributed by atoms with E-state index in [4.69, 9.17) is 10.5 Å². The van der Waals surface area contributed by atoms with Gasteiger partial charge < -0.3 is 15.8 Å². The zero-order chi connectivity index (χ0) is 12.2. The maximum atomic E-state index is 11.9. The first-order valence-electron chi connectivity index (χ1n) is 6.09. The second-order valence-electron chi connectivity index (χ2n) is 5.09. The van der Waals surface area contributed by atoms with E-state index in [-0.39, 0.29) is 12.0 Å². The summed E-state index contributed by atoms with van der Waals surface area (Å²) in [5.41, 5.74) is 5.42. The molecular weight excluding hydrogens is 204 g/mol. The minimum Gasteiger partial charge on any atom is -0.379 e. The summed E-state index contributed by atoms with van der Waals surface area (Å²) in [4.78, 5) is 11.9. The molecule has 1 aliphatic carbocycles. The highest BCUT2D eigenvalue weighted by Gasteiger charge is 2.37. The SMILES string of the molecule is COC(CNC(=O)C1(N)CCCC1)C(C)C. The third-order valence-corrected chi connectivity index (χ3v) is 3.46. The number of nitrogens with one attached hydrogen (secondary N) is 1. The van der Waals surface area contributed by atoms with Crippen molar-refractivity contribution in [2.24, 2.45) is 11.7 Å². The van der Waals surface area contributed by atoms with Gasteiger partial charge in [-0.3, -0.25) is 4.79 Å². The van der Waals surface area contributed by atoms with Crippen molar-refractivity contribution in [2.75, 3.05) is 13.7 Å². The lowest BCUT2D eigenvalue weighted by molar-refractivity contribution is -0.126. The quantitative estimate of drug-likeness (QED) is 0.739. The molecule has 1 unspecified atom stereocenters. The van der Waals surface area contributed by atoms with Gasteiger partial charge in [0.15, 0.2) is 0 Å². The van der Waals surface area contributed by atoms with Crippen molar-refractivity contribution < 1.29 is 9.53 Å². The van der Waals surface area contributed by atoms with Crippen LogP contribution >= 0.6 is 0 Å². The van der Waals surface area contributed by atoms with E-state index in [1.807, 2.05) is 0 Å². The lowest BCUT2D eigenvalue weighted by Gasteiger charge is -2.25. The summed E-state index contributed by atoms with van der Waals surface area (Å²) in [5, 5.41) is 2.91. The van der Waals surface area contributed by atoms with Crippen LogP contribution in [0.3, 0.4) is 0 Å². The molecule has 0 aromatic carbocycles. The number of carbonyl (C=O) groups is 1. The van der Waals surface area contributed by atoms with Crippen LogP contribution in [0.25, 0.3) is 0 Å². The first kappa shape index (κ1) is 13.5. The Labute approximate surface area is 97.9 Å². The average molecular weight is 228 g/mol. The van der Waals surface area contributed by atoms with Gasteiger partial charge in [0, 0.05) is 13.7 Å². The highest BCUT2D eigenvalue weighted by molar-refractivity contribution is 5.86. The third-order valence-electron chi connectivity index (χ3n) is 3.46. The molecular formula is C12H24N2O2.